The summed E-state index contributed by atoms with van der Waals surface area (Å²) in [4.78, 5) is 21.1. The predicted octanol–water partition coefficient (Wildman–Crippen LogP) is 4.13. The van der Waals surface area contributed by atoms with Gasteiger partial charge in [0.2, 0.25) is 0 Å². The number of amides is 1. The fourth-order valence-corrected chi connectivity index (χ4v) is 3.87. The smallest absolute Gasteiger partial charge is 0.256 e. The second-order valence-electron chi connectivity index (χ2n) is 7.72. The summed E-state index contributed by atoms with van der Waals surface area (Å²) in [6.45, 7) is 4.20. The molecule has 0 unspecified atom stereocenters. The Morgan fingerprint density at radius 3 is 2.48 bits per heavy atom. The molecule has 2 aromatic carbocycles. The number of nitrogens with zero attached hydrogens (tertiary/aromatic N) is 5. The molecular formula is C24H26Cl2FN5O. The highest BCUT2D eigenvalue weighted by Crippen LogP contribution is 2.15. The molecule has 4 rings (SSSR count). The Bertz CT molecular complexity index is 1100. The van der Waals surface area contributed by atoms with Gasteiger partial charge in [0.15, 0.2) is 0 Å². The van der Waals surface area contributed by atoms with E-state index in [0.29, 0.717) is 25.2 Å². The van der Waals surface area contributed by atoms with Gasteiger partial charge in [-0.05, 0) is 36.2 Å². The molecule has 0 spiro atoms. The Morgan fingerprint density at radius 1 is 1.00 bits per heavy atom. The summed E-state index contributed by atoms with van der Waals surface area (Å²) in [5, 5.41) is 8.95. The number of carbonyl (C=O) groups excluding carboxylic acids is 1. The lowest BCUT2D eigenvalue weighted by molar-refractivity contribution is 0.0756. The molecule has 174 valence electrons. The molecule has 3 aromatic rings. The van der Waals surface area contributed by atoms with Crippen molar-refractivity contribution in [1.29, 1.82) is 5.26 Å². The van der Waals surface area contributed by atoms with Gasteiger partial charge in [-0.3, -0.25) is 9.69 Å². The number of rotatable bonds is 5. The maximum Gasteiger partial charge on any atom is 0.256 e. The molecule has 0 N–H and O–H groups in total. The lowest BCUT2D eigenvalue weighted by Crippen LogP contribution is -2.35. The second-order valence-corrected chi connectivity index (χ2v) is 7.72. The number of hydrogen-bond donors (Lipinski definition) is 0. The van der Waals surface area contributed by atoms with Gasteiger partial charge in [0.1, 0.15) is 5.82 Å². The van der Waals surface area contributed by atoms with E-state index in [1.54, 1.807) is 23.1 Å². The van der Waals surface area contributed by atoms with E-state index in [9.17, 15) is 9.18 Å². The lowest BCUT2D eigenvalue weighted by Gasteiger charge is -2.22. The lowest BCUT2D eigenvalue weighted by atomic mass is 10.1. The highest BCUT2D eigenvalue weighted by Gasteiger charge is 2.22. The summed E-state index contributed by atoms with van der Waals surface area (Å²) in [5.41, 5.74) is 2.99. The Labute approximate surface area is 205 Å². The van der Waals surface area contributed by atoms with Crippen molar-refractivity contribution in [2.45, 2.75) is 19.5 Å². The van der Waals surface area contributed by atoms with Crippen LogP contribution in [0.2, 0.25) is 0 Å². The number of benzene rings is 2. The summed E-state index contributed by atoms with van der Waals surface area (Å²) in [6, 6.07) is 15.8. The van der Waals surface area contributed by atoms with Crippen molar-refractivity contribution in [3.63, 3.8) is 0 Å². The Morgan fingerprint density at radius 2 is 1.76 bits per heavy atom. The van der Waals surface area contributed by atoms with Crippen LogP contribution in [0.1, 0.15) is 33.6 Å². The van der Waals surface area contributed by atoms with E-state index in [-0.39, 0.29) is 36.3 Å². The quantitative estimate of drug-likeness (QED) is 0.540. The van der Waals surface area contributed by atoms with Crippen molar-refractivity contribution in [1.82, 2.24) is 19.4 Å². The normalized spacial score (nSPS) is 13.9. The van der Waals surface area contributed by atoms with E-state index in [0.717, 1.165) is 37.3 Å². The summed E-state index contributed by atoms with van der Waals surface area (Å²) in [5.74, 6) is -0.717. The van der Waals surface area contributed by atoms with Gasteiger partial charge in [0, 0.05) is 45.5 Å². The average molecular weight is 490 g/mol. The molecule has 1 saturated heterocycles. The van der Waals surface area contributed by atoms with Crippen molar-refractivity contribution in [2.24, 2.45) is 0 Å². The first-order valence-corrected chi connectivity index (χ1v) is 10.4. The predicted molar refractivity (Wildman–Crippen MR) is 129 cm³/mol. The van der Waals surface area contributed by atoms with Crippen LogP contribution in [-0.2, 0) is 13.1 Å². The molecule has 0 bridgehead atoms. The summed E-state index contributed by atoms with van der Waals surface area (Å²) < 4.78 is 16.1. The third kappa shape index (κ3) is 6.55. The van der Waals surface area contributed by atoms with Gasteiger partial charge >= 0.3 is 0 Å². The standard InChI is InChI=1S/C24H24FN5O.2ClH/c25-23-5-2-1-4-22(23)24(31)29-11-3-10-28(12-13-29)17-21-15-27-18-30(21)16-20-8-6-19(14-26)7-9-20;;/h1-2,4-9,15,18H,3,10-13,16-17H2;2*1H. The molecular weight excluding hydrogens is 464 g/mol. The molecule has 9 heteroatoms. The molecule has 6 nitrogen and oxygen atoms in total. The van der Waals surface area contributed by atoms with Crippen molar-refractivity contribution >= 4 is 30.7 Å². The molecule has 1 fully saturated rings. The SMILES string of the molecule is Cl.Cl.N#Cc1ccc(Cn2cncc2CN2CCCN(C(=O)c3ccccc3F)CC2)cc1. The largest absolute Gasteiger partial charge is 0.337 e. The number of imidazole rings is 1. The van der Waals surface area contributed by atoms with E-state index in [4.69, 9.17) is 5.26 Å². The molecule has 2 heterocycles. The molecule has 0 atom stereocenters. The van der Waals surface area contributed by atoms with Crippen LogP contribution in [0.3, 0.4) is 0 Å². The average Bonchev–Trinajstić information content (AvgIpc) is 3.08. The zero-order valence-corrected chi connectivity index (χ0v) is 19.7. The van der Waals surface area contributed by atoms with Crippen molar-refractivity contribution in [2.75, 3.05) is 26.2 Å². The molecule has 0 saturated carbocycles. The molecule has 33 heavy (non-hydrogen) atoms. The third-order valence-electron chi connectivity index (χ3n) is 5.60. The van der Waals surface area contributed by atoms with Crippen LogP contribution in [-0.4, -0.2) is 51.4 Å². The number of nitriles is 1. The van der Waals surface area contributed by atoms with Crippen molar-refractivity contribution in [3.05, 3.63) is 89.3 Å². The minimum Gasteiger partial charge on any atom is -0.337 e. The first kappa shape index (κ1) is 26.3. The first-order valence-electron chi connectivity index (χ1n) is 10.4. The molecule has 1 aliphatic heterocycles. The van der Waals surface area contributed by atoms with Crippen LogP contribution in [0.4, 0.5) is 4.39 Å². The van der Waals surface area contributed by atoms with Gasteiger partial charge in [-0.25, -0.2) is 9.37 Å². The zero-order valence-electron chi connectivity index (χ0n) is 18.1. The summed E-state index contributed by atoms with van der Waals surface area (Å²) in [6.07, 6.45) is 4.53. The number of halogens is 3. The maximum atomic E-state index is 14.0. The Balaban J connectivity index is 0.00000193. The summed E-state index contributed by atoms with van der Waals surface area (Å²) in [7, 11) is 0. The molecule has 1 amide bonds. The van der Waals surface area contributed by atoms with Gasteiger partial charge in [-0.2, -0.15) is 5.26 Å². The van der Waals surface area contributed by atoms with Gasteiger partial charge in [-0.15, -0.1) is 24.8 Å². The number of aromatic nitrogens is 2. The van der Waals surface area contributed by atoms with E-state index in [2.05, 4.69) is 20.5 Å². The second kappa shape index (κ2) is 12.4. The van der Waals surface area contributed by atoms with Crippen LogP contribution < -0.4 is 0 Å². The van der Waals surface area contributed by atoms with E-state index < -0.39 is 5.82 Å². The number of hydrogen-bond acceptors (Lipinski definition) is 4. The Kier molecular flexibility index (Phi) is 9.86. The van der Waals surface area contributed by atoms with Crippen LogP contribution in [0, 0.1) is 17.1 Å². The highest BCUT2D eigenvalue weighted by atomic mass is 35.5. The van der Waals surface area contributed by atoms with E-state index in [1.807, 2.05) is 36.8 Å². The van der Waals surface area contributed by atoms with Gasteiger partial charge < -0.3 is 9.47 Å². The van der Waals surface area contributed by atoms with E-state index in [1.165, 1.54) is 6.07 Å². The van der Waals surface area contributed by atoms with Crippen LogP contribution in [0.5, 0.6) is 0 Å². The first-order chi connectivity index (χ1) is 15.1. The van der Waals surface area contributed by atoms with Crippen LogP contribution >= 0.6 is 24.8 Å². The monoisotopic (exact) mass is 489 g/mol. The van der Waals surface area contributed by atoms with Gasteiger partial charge in [0.05, 0.1) is 29.2 Å². The zero-order chi connectivity index (χ0) is 21.6. The van der Waals surface area contributed by atoms with E-state index >= 15 is 0 Å². The van der Waals surface area contributed by atoms with Crippen LogP contribution in [0.15, 0.2) is 61.1 Å². The number of carbonyl (C=O) groups is 1. The minimum absolute atomic E-state index is 0. The van der Waals surface area contributed by atoms with Gasteiger partial charge in [-0.1, -0.05) is 24.3 Å². The van der Waals surface area contributed by atoms with Crippen molar-refractivity contribution < 1.29 is 9.18 Å². The molecule has 1 aromatic heterocycles. The molecule has 0 aliphatic carbocycles. The van der Waals surface area contributed by atoms with Gasteiger partial charge in [0.25, 0.3) is 5.91 Å². The molecule has 0 radical (unpaired) electrons. The minimum atomic E-state index is -0.472. The summed E-state index contributed by atoms with van der Waals surface area (Å²) >= 11 is 0. The fraction of sp³-hybridized carbons (Fsp3) is 0.292. The highest BCUT2D eigenvalue weighted by molar-refractivity contribution is 5.94. The fourth-order valence-electron chi connectivity index (χ4n) is 3.87. The topological polar surface area (TPSA) is 65.2 Å². The Hall–Kier alpha value is -2.92. The molecule has 1 aliphatic rings. The maximum absolute atomic E-state index is 14.0. The third-order valence-corrected chi connectivity index (χ3v) is 5.60. The van der Waals surface area contributed by atoms with Crippen molar-refractivity contribution in [3.8, 4) is 6.07 Å². The van der Waals surface area contributed by atoms with Crippen LogP contribution in [0.25, 0.3) is 0 Å².